The van der Waals surface area contributed by atoms with Gasteiger partial charge in [-0.2, -0.15) is 0 Å². The van der Waals surface area contributed by atoms with Crippen LogP contribution in [0.5, 0.6) is 5.75 Å². The molecule has 0 saturated carbocycles. The molecule has 2 aromatic rings. The second-order valence-corrected chi connectivity index (χ2v) is 6.83. The lowest BCUT2D eigenvalue weighted by atomic mass is 10.1. The molecule has 1 aromatic heterocycles. The summed E-state index contributed by atoms with van der Waals surface area (Å²) in [5.41, 5.74) is 1.82. The Labute approximate surface area is 145 Å². The highest BCUT2D eigenvalue weighted by Crippen LogP contribution is 2.33. The van der Waals surface area contributed by atoms with Crippen molar-refractivity contribution in [1.82, 2.24) is 9.97 Å². The van der Waals surface area contributed by atoms with Crippen LogP contribution in [0.3, 0.4) is 0 Å². The van der Waals surface area contributed by atoms with Crippen molar-refractivity contribution in [2.24, 2.45) is 0 Å². The van der Waals surface area contributed by atoms with E-state index in [1.807, 2.05) is 18.2 Å². The zero-order chi connectivity index (χ0) is 14.9. The van der Waals surface area contributed by atoms with Gasteiger partial charge in [0, 0.05) is 10.0 Å². The molecule has 0 radical (unpaired) electrons. The molecule has 0 atom stereocenters. The average molecular weight is 468 g/mol. The second-order valence-electron chi connectivity index (χ2n) is 4.54. The van der Waals surface area contributed by atoms with E-state index in [9.17, 15) is 0 Å². The van der Waals surface area contributed by atoms with Gasteiger partial charge >= 0.3 is 0 Å². The van der Waals surface area contributed by atoms with Gasteiger partial charge in [0.15, 0.2) is 5.82 Å². The Hall–Kier alpha value is -0.400. The minimum absolute atomic E-state index is 0.283. The maximum absolute atomic E-state index is 6.23. The Morgan fingerprint density at radius 2 is 2.00 bits per heavy atom. The Bertz CT molecular complexity index is 649. The fraction of sp³-hybridized carbons (Fsp3) is 0.286. The summed E-state index contributed by atoms with van der Waals surface area (Å²) in [5, 5.41) is 0.481. The van der Waals surface area contributed by atoms with Crippen molar-refractivity contribution in [2.45, 2.75) is 19.8 Å². The number of hydrogen-bond acceptors (Lipinski definition) is 3. The molecule has 2 rings (SSSR count). The Balaban J connectivity index is 2.64. The fourth-order valence-corrected chi connectivity index (χ4v) is 3.21. The number of hydrogen-bond donors (Lipinski definition) is 0. The smallest absolute Gasteiger partial charge is 0.162 e. The van der Waals surface area contributed by atoms with E-state index in [4.69, 9.17) is 16.3 Å². The van der Waals surface area contributed by atoms with Crippen molar-refractivity contribution in [3.8, 4) is 17.1 Å². The van der Waals surface area contributed by atoms with Gasteiger partial charge in [0.25, 0.3) is 0 Å². The van der Waals surface area contributed by atoms with Crippen LogP contribution < -0.4 is 4.74 Å². The van der Waals surface area contributed by atoms with Crippen LogP contribution in [0.25, 0.3) is 11.4 Å². The molecule has 3 nitrogen and oxygen atoms in total. The molecule has 0 aliphatic rings. The van der Waals surface area contributed by atoms with Crippen LogP contribution in [-0.2, 0) is 0 Å². The lowest BCUT2D eigenvalue weighted by Gasteiger charge is -2.12. The highest BCUT2D eigenvalue weighted by Gasteiger charge is 2.16. The summed E-state index contributed by atoms with van der Waals surface area (Å²) in [4.78, 5) is 9.03. The van der Waals surface area contributed by atoms with Gasteiger partial charge in [-0.3, -0.25) is 0 Å². The third-order valence-corrected chi connectivity index (χ3v) is 5.15. The van der Waals surface area contributed by atoms with Gasteiger partial charge in [0.1, 0.15) is 10.9 Å². The molecule has 0 aliphatic carbocycles. The predicted octanol–water partition coefficient (Wildman–Crippen LogP) is 5.30. The minimum Gasteiger partial charge on any atom is -0.497 e. The zero-order valence-electron chi connectivity index (χ0n) is 11.2. The molecule has 1 aromatic carbocycles. The Morgan fingerprint density at radius 3 is 2.60 bits per heavy atom. The van der Waals surface area contributed by atoms with E-state index in [2.05, 4.69) is 62.3 Å². The van der Waals surface area contributed by atoms with Gasteiger partial charge in [-0.1, -0.05) is 41.4 Å². The van der Waals surface area contributed by atoms with Crippen molar-refractivity contribution in [2.75, 3.05) is 7.11 Å². The second kappa shape index (κ2) is 6.58. The summed E-state index contributed by atoms with van der Waals surface area (Å²) >= 11 is 11.9. The van der Waals surface area contributed by atoms with E-state index in [1.54, 1.807) is 7.11 Å². The quantitative estimate of drug-likeness (QED) is 0.454. The summed E-state index contributed by atoms with van der Waals surface area (Å²) in [6.07, 6.45) is 0. The number of benzene rings is 1. The molecule has 0 spiro atoms. The summed E-state index contributed by atoms with van der Waals surface area (Å²) < 4.78 is 7.06. The largest absolute Gasteiger partial charge is 0.497 e. The van der Waals surface area contributed by atoms with Crippen LogP contribution in [0.1, 0.15) is 25.5 Å². The number of methoxy groups -OCH3 is 1. The van der Waals surface area contributed by atoms with Crippen LogP contribution in [0.4, 0.5) is 0 Å². The van der Waals surface area contributed by atoms with Gasteiger partial charge in [-0.05, 0) is 46.7 Å². The summed E-state index contributed by atoms with van der Waals surface area (Å²) in [7, 11) is 1.63. The number of nitrogens with zero attached hydrogens (tertiary/aromatic N) is 2. The first-order valence-electron chi connectivity index (χ1n) is 6.01. The normalized spacial score (nSPS) is 10.9. The van der Waals surface area contributed by atoms with E-state index in [1.165, 1.54) is 0 Å². The molecule has 20 heavy (non-hydrogen) atoms. The summed E-state index contributed by atoms with van der Waals surface area (Å²) in [5.74, 6) is 1.64. The van der Waals surface area contributed by atoms with Gasteiger partial charge in [0.2, 0.25) is 0 Å². The van der Waals surface area contributed by atoms with Crippen LogP contribution in [0, 0.1) is 3.57 Å². The number of halogens is 3. The number of aromatic nitrogens is 2. The van der Waals surface area contributed by atoms with Crippen molar-refractivity contribution in [1.29, 1.82) is 0 Å². The molecule has 0 saturated heterocycles. The third kappa shape index (κ3) is 3.26. The lowest BCUT2D eigenvalue weighted by molar-refractivity contribution is 0.415. The molecule has 0 fully saturated rings. The highest BCUT2D eigenvalue weighted by molar-refractivity contribution is 14.1. The monoisotopic (exact) mass is 466 g/mol. The van der Waals surface area contributed by atoms with Gasteiger partial charge < -0.3 is 4.74 Å². The first-order chi connectivity index (χ1) is 9.43. The van der Waals surface area contributed by atoms with Gasteiger partial charge in [0.05, 0.1) is 16.4 Å². The lowest BCUT2D eigenvalue weighted by Crippen LogP contribution is -2.03. The zero-order valence-corrected chi connectivity index (χ0v) is 15.7. The molecule has 0 unspecified atom stereocenters. The Kier molecular flexibility index (Phi) is 5.25. The molecule has 0 aliphatic heterocycles. The van der Waals surface area contributed by atoms with Crippen molar-refractivity contribution < 1.29 is 4.74 Å². The maximum atomic E-state index is 6.23. The van der Waals surface area contributed by atoms with Crippen molar-refractivity contribution >= 4 is 50.1 Å². The number of ether oxygens (including phenoxy) is 1. The number of rotatable bonds is 3. The summed E-state index contributed by atoms with van der Waals surface area (Å²) in [6, 6.07) is 5.69. The van der Waals surface area contributed by atoms with E-state index in [-0.39, 0.29) is 5.92 Å². The maximum Gasteiger partial charge on any atom is 0.162 e. The Morgan fingerprint density at radius 1 is 1.30 bits per heavy atom. The molecular formula is C14H13BrClIN2O. The van der Waals surface area contributed by atoms with Gasteiger partial charge in [-0.15, -0.1) is 0 Å². The first kappa shape index (κ1) is 16.0. The first-order valence-corrected chi connectivity index (χ1v) is 8.25. The SMILES string of the molecule is COc1ccc(Br)c(-c2nc(Cl)c(I)c(C(C)C)n2)c1. The topological polar surface area (TPSA) is 35.0 Å². The average Bonchev–Trinajstić information content (AvgIpc) is 2.42. The molecule has 0 bridgehead atoms. The van der Waals surface area contributed by atoms with Crippen LogP contribution >= 0.6 is 50.1 Å². The van der Waals surface area contributed by atoms with Crippen LogP contribution in [-0.4, -0.2) is 17.1 Å². The van der Waals surface area contributed by atoms with Crippen molar-refractivity contribution in [3.05, 3.63) is 37.1 Å². The predicted molar refractivity (Wildman–Crippen MR) is 93.5 cm³/mol. The molecule has 0 amide bonds. The van der Waals surface area contributed by atoms with Crippen LogP contribution in [0.15, 0.2) is 22.7 Å². The van der Waals surface area contributed by atoms with E-state index in [0.29, 0.717) is 11.0 Å². The molecule has 1 heterocycles. The third-order valence-electron chi connectivity index (χ3n) is 2.80. The van der Waals surface area contributed by atoms with Crippen molar-refractivity contribution in [3.63, 3.8) is 0 Å². The van der Waals surface area contributed by atoms with E-state index in [0.717, 1.165) is 25.0 Å². The summed E-state index contributed by atoms with van der Waals surface area (Å²) in [6.45, 7) is 4.18. The minimum atomic E-state index is 0.283. The molecular weight excluding hydrogens is 454 g/mol. The van der Waals surface area contributed by atoms with Crippen LogP contribution in [0.2, 0.25) is 5.15 Å². The standard InChI is InChI=1S/C14H13BrClIN2O/c1-7(2)12-11(17)13(16)19-14(18-12)9-6-8(20-3)4-5-10(9)15/h4-7H,1-3H3. The molecule has 106 valence electrons. The van der Waals surface area contributed by atoms with E-state index >= 15 is 0 Å². The molecule has 6 heteroatoms. The van der Waals surface area contributed by atoms with Gasteiger partial charge in [-0.25, -0.2) is 9.97 Å². The highest BCUT2D eigenvalue weighted by atomic mass is 127. The molecule has 0 N–H and O–H groups in total. The fourth-order valence-electron chi connectivity index (χ4n) is 1.74. The van der Waals surface area contributed by atoms with E-state index < -0.39 is 0 Å².